The third kappa shape index (κ3) is 4.84. The Labute approximate surface area is 222 Å². The van der Waals surface area contributed by atoms with E-state index in [2.05, 4.69) is 161 Å². The zero-order valence-corrected chi connectivity index (χ0v) is 27.4. The van der Waals surface area contributed by atoms with Crippen LogP contribution in [0, 0.1) is 0 Å². The lowest BCUT2D eigenvalue weighted by Gasteiger charge is -2.53. The second kappa shape index (κ2) is 9.90. The molecule has 0 bridgehead atoms. The summed E-state index contributed by atoms with van der Waals surface area (Å²) in [5.41, 5.74) is 8.11. The number of benzene rings is 4. The van der Waals surface area contributed by atoms with Crippen molar-refractivity contribution >= 4 is 63.1 Å². The number of fused-ring (bicyclic) bond motifs is 2. The van der Waals surface area contributed by atoms with Gasteiger partial charge < -0.3 is 0 Å². The van der Waals surface area contributed by atoms with E-state index in [1.54, 1.807) is 0 Å². The molecule has 0 aliphatic rings. The molecule has 0 amide bonds. The maximum atomic E-state index is 2.74. The molecular formula is C32H42Si4. The largest absolute Gasteiger partial charge is 0.0967 e. The van der Waals surface area contributed by atoms with Crippen LogP contribution in [0.5, 0.6) is 0 Å². The van der Waals surface area contributed by atoms with Gasteiger partial charge in [0, 0.05) is 14.2 Å². The lowest BCUT2D eigenvalue weighted by Crippen LogP contribution is -2.78. The Kier molecular flexibility index (Phi) is 7.37. The molecule has 0 saturated heterocycles. The molecule has 0 aliphatic carbocycles. The Hall–Kier alpha value is -2.25. The maximum Gasteiger partial charge on any atom is 0.0620 e. The monoisotopic (exact) mass is 538 g/mol. The van der Waals surface area contributed by atoms with E-state index in [0.717, 1.165) is 0 Å². The first-order chi connectivity index (χ1) is 16.9. The molecule has 0 heterocycles. The molecule has 4 aromatic rings. The van der Waals surface area contributed by atoms with Crippen molar-refractivity contribution in [3.63, 3.8) is 0 Å². The highest BCUT2D eigenvalue weighted by atomic mass is 29.8. The summed E-state index contributed by atoms with van der Waals surface area (Å²) in [6.45, 7) is 21.5. The molecule has 0 spiro atoms. The predicted octanol–water partition coefficient (Wildman–Crippen LogP) is 9.87. The van der Waals surface area contributed by atoms with Crippen LogP contribution in [0.3, 0.4) is 0 Å². The Morgan fingerprint density at radius 1 is 0.417 bits per heavy atom. The summed E-state index contributed by atoms with van der Waals surface area (Å²) in [6.07, 6.45) is 4.93. The highest BCUT2D eigenvalue weighted by Gasteiger charge is 2.57. The van der Waals surface area contributed by atoms with Gasteiger partial charge >= 0.3 is 0 Å². The molecule has 0 aliphatic heterocycles. The highest BCUT2D eigenvalue weighted by molar-refractivity contribution is 7.84. The molecule has 0 fully saturated rings. The normalized spacial score (nSPS) is 13.9. The van der Waals surface area contributed by atoms with Crippen LogP contribution in [0.15, 0.2) is 96.3 Å². The molecule has 0 radical (unpaired) electrons. The molecule has 0 atom stereocenters. The Morgan fingerprint density at radius 3 is 1.14 bits per heavy atom. The lowest BCUT2D eigenvalue weighted by molar-refractivity contribution is 1.71. The predicted molar refractivity (Wildman–Crippen MR) is 176 cm³/mol. The summed E-state index contributed by atoms with van der Waals surface area (Å²) < 4.78 is 0. The average Bonchev–Trinajstić information content (AvgIpc) is 2.86. The van der Waals surface area contributed by atoms with Crippen molar-refractivity contribution in [3.8, 4) is 0 Å². The fourth-order valence-electron chi connectivity index (χ4n) is 5.42. The van der Waals surface area contributed by atoms with Crippen molar-refractivity contribution < 1.29 is 0 Å². The topological polar surface area (TPSA) is 0 Å². The van der Waals surface area contributed by atoms with Gasteiger partial charge in [0.05, 0.1) is 15.2 Å². The lowest BCUT2D eigenvalue weighted by atomic mass is 10.1. The van der Waals surface area contributed by atoms with Crippen molar-refractivity contribution in [1.82, 2.24) is 0 Å². The third-order valence-corrected chi connectivity index (χ3v) is 76.2. The van der Waals surface area contributed by atoms with Crippen LogP contribution in [0.4, 0.5) is 0 Å². The quantitative estimate of drug-likeness (QED) is 0.205. The highest BCUT2D eigenvalue weighted by Crippen LogP contribution is 2.37. The molecule has 0 aromatic heterocycles. The summed E-state index contributed by atoms with van der Waals surface area (Å²) in [6, 6.07) is 31.0. The van der Waals surface area contributed by atoms with Gasteiger partial charge in [0.2, 0.25) is 0 Å². The van der Waals surface area contributed by atoms with Crippen molar-refractivity contribution in [3.05, 3.63) is 107 Å². The van der Waals surface area contributed by atoms with Gasteiger partial charge in [-0.05, 0) is 32.7 Å². The summed E-state index contributed by atoms with van der Waals surface area (Å²) >= 11 is 0. The van der Waals surface area contributed by atoms with Gasteiger partial charge in [0.15, 0.2) is 0 Å². The van der Waals surface area contributed by atoms with Gasteiger partial charge in [0.1, 0.15) is 0 Å². The second-order valence-electron chi connectivity index (χ2n) is 12.5. The number of rotatable bonds is 7. The summed E-state index contributed by atoms with van der Waals surface area (Å²) in [5, 5.41) is 5.39. The van der Waals surface area contributed by atoms with E-state index in [1.165, 1.54) is 32.7 Å². The molecule has 0 unspecified atom stereocenters. The fourth-order valence-corrected chi connectivity index (χ4v) is 71.2. The first kappa shape index (κ1) is 26.8. The Morgan fingerprint density at radius 2 is 0.750 bits per heavy atom. The molecule has 186 valence electrons. The van der Waals surface area contributed by atoms with Crippen LogP contribution < -0.4 is 0 Å². The van der Waals surface area contributed by atoms with Crippen molar-refractivity contribution in [2.24, 2.45) is 0 Å². The average molecular weight is 539 g/mol. The zero-order valence-electron chi connectivity index (χ0n) is 23.4. The van der Waals surface area contributed by atoms with Gasteiger partial charge in [-0.25, -0.2) is 0 Å². The van der Waals surface area contributed by atoms with E-state index in [0.29, 0.717) is 0 Å². The SMILES string of the molecule is C[Si](C)(/C=C/c1cccc2ccccc12)[Si](C)(C)[Si](C)(C)[Si](C)(C)/C=C/c1cccc2ccccc12. The third-order valence-electron chi connectivity index (χ3n) is 9.79. The summed E-state index contributed by atoms with van der Waals surface area (Å²) in [5.74, 6) is 0. The zero-order chi connectivity index (χ0) is 26.2. The van der Waals surface area contributed by atoms with Crippen molar-refractivity contribution in [2.75, 3.05) is 0 Å². The van der Waals surface area contributed by atoms with E-state index in [1.807, 2.05) is 0 Å². The second-order valence-corrected chi connectivity index (χ2v) is 52.3. The van der Waals surface area contributed by atoms with E-state index in [4.69, 9.17) is 0 Å². The molecule has 0 saturated carbocycles. The number of hydrogen-bond acceptors (Lipinski definition) is 0. The van der Waals surface area contributed by atoms with E-state index < -0.39 is 29.4 Å². The standard InChI is InChI=1S/C32H42Si4/c1-33(2,25-23-29-19-13-17-27-15-9-11-21-31(27)29)35(5,6)36(7,8)34(3,4)26-24-30-20-14-18-28-16-10-12-22-32(28)30/h9-26H,1-8H3/b25-23+,26-24+. The van der Waals surface area contributed by atoms with Gasteiger partial charge in [-0.3, -0.25) is 0 Å². The Balaban J connectivity index is 1.65. The van der Waals surface area contributed by atoms with Gasteiger partial charge in [-0.2, -0.15) is 0 Å². The van der Waals surface area contributed by atoms with Gasteiger partial charge in [0.25, 0.3) is 0 Å². The molecule has 4 aromatic carbocycles. The van der Waals surface area contributed by atoms with E-state index in [9.17, 15) is 0 Å². The minimum atomic E-state index is -1.58. The molecule has 0 nitrogen and oxygen atoms in total. The van der Waals surface area contributed by atoms with Crippen molar-refractivity contribution in [1.29, 1.82) is 0 Å². The first-order valence-electron chi connectivity index (χ1n) is 13.2. The van der Waals surface area contributed by atoms with Crippen LogP contribution in [0.1, 0.15) is 11.1 Å². The van der Waals surface area contributed by atoms with Crippen molar-refractivity contribution in [2.45, 2.75) is 52.4 Å². The van der Waals surface area contributed by atoms with E-state index >= 15 is 0 Å². The number of hydrogen-bond donors (Lipinski definition) is 0. The summed E-state index contributed by atoms with van der Waals surface area (Å²) in [7, 11) is -6.17. The fraction of sp³-hybridized carbons (Fsp3) is 0.250. The van der Waals surface area contributed by atoms with Crippen LogP contribution in [-0.2, 0) is 0 Å². The molecule has 4 heteroatoms. The molecule has 0 N–H and O–H groups in total. The minimum Gasteiger partial charge on any atom is -0.0967 e. The summed E-state index contributed by atoms with van der Waals surface area (Å²) in [4.78, 5) is 0. The maximum absolute atomic E-state index is 2.74. The van der Waals surface area contributed by atoms with Crippen LogP contribution in [-0.4, -0.2) is 29.4 Å². The van der Waals surface area contributed by atoms with Crippen LogP contribution in [0.25, 0.3) is 33.7 Å². The Bertz CT molecular complexity index is 1320. The smallest absolute Gasteiger partial charge is 0.0620 e. The minimum absolute atomic E-state index is 1.33. The van der Waals surface area contributed by atoms with Gasteiger partial charge in [-0.1, -0.05) is 161 Å². The van der Waals surface area contributed by atoms with Crippen LogP contribution in [0.2, 0.25) is 52.4 Å². The van der Waals surface area contributed by atoms with Gasteiger partial charge in [-0.15, -0.1) is 0 Å². The first-order valence-corrected chi connectivity index (χ1v) is 28.4. The van der Waals surface area contributed by atoms with E-state index in [-0.39, 0.29) is 0 Å². The molecule has 36 heavy (non-hydrogen) atoms. The van der Waals surface area contributed by atoms with Crippen LogP contribution >= 0.6 is 0 Å². The molecule has 4 rings (SSSR count). The molecular weight excluding hydrogens is 497 g/mol.